The Morgan fingerprint density at radius 3 is 2.50 bits per heavy atom. The van der Waals surface area contributed by atoms with Crippen LogP contribution in [0.25, 0.3) is 0 Å². The molecular weight excluding hydrogens is 370 g/mol. The zero-order chi connectivity index (χ0) is 19.5. The summed E-state index contributed by atoms with van der Waals surface area (Å²) < 4.78 is 10.9. The summed E-state index contributed by atoms with van der Waals surface area (Å²) in [6.45, 7) is 9.82. The molecule has 2 aromatic carbocycles. The minimum Gasteiger partial charge on any atom is -0.454 e. The van der Waals surface area contributed by atoms with E-state index in [4.69, 9.17) is 21.7 Å². The molecule has 5 nitrogen and oxygen atoms in total. The number of hydrogen-bond donors (Lipinski definition) is 2. The molecule has 28 heavy (non-hydrogen) atoms. The van der Waals surface area contributed by atoms with Crippen LogP contribution in [0.4, 0.5) is 5.69 Å². The zero-order valence-corrected chi connectivity index (χ0v) is 17.3. The fourth-order valence-electron chi connectivity index (χ4n) is 3.70. The molecule has 2 aromatic rings. The van der Waals surface area contributed by atoms with Crippen LogP contribution in [0.5, 0.6) is 11.5 Å². The summed E-state index contributed by atoms with van der Waals surface area (Å²) in [4.78, 5) is 3.84. The minimum atomic E-state index is 0.328. The molecule has 2 aliphatic heterocycles. The molecule has 2 heterocycles. The molecule has 0 atom stereocenters. The zero-order valence-electron chi connectivity index (χ0n) is 16.5. The maximum Gasteiger partial charge on any atom is 0.231 e. The van der Waals surface area contributed by atoms with Crippen molar-refractivity contribution in [2.24, 2.45) is 0 Å². The topological polar surface area (TPSA) is 38.2 Å². The van der Waals surface area contributed by atoms with Crippen molar-refractivity contribution in [3.8, 4) is 11.5 Å². The van der Waals surface area contributed by atoms with Crippen molar-refractivity contribution in [3.05, 3.63) is 53.6 Å². The third-order valence-electron chi connectivity index (χ3n) is 5.48. The molecule has 1 fully saturated rings. The summed E-state index contributed by atoms with van der Waals surface area (Å²) in [6.07, 6.45) is 0. The van der Waals surface area contributed by atoms with Crippen LogP contribution in [0.2, 0.25) is 0 Å². The fourth-order valence-corrected chi connectivity index (χ4v) is 4.00. The Kier molecular flexibility index (Phi) is 5.69. The van der Waals surface area contributed by atoms with E-state index in [0.29, 0.717) is 12.7 Å². The van der Waals surface area contributed by atoms with Gasteiger partial charge in [-0.2, -0.15) is 0 Å². The Morgan fingerprint density at radius 2 is 1.79 bits per heavy atom. The number of thiocarbonyl (C=S) groups is 1. The van der Waals surface area contributed by atoms with Gasteiger partial charge in [0.05, 0.1) is 26.2 Å². The van der Waals surface area contributed by atoms with Gasteiger partial charge in [-0.25, -0.2) is 0 Å². The van der Waals surface area contributed by atoms with Gasteiger partial charge in [0.1, 0.15) is 6.54 Å². The summed E-state index contributed by atoms with van der Waals surface area (Å²) in [5.41, 5.74) is 3.69. The lowest BCUT2D eigenvalue weighted by Crippen LogP contribution is -3.13. The SMILES string of the molecule is CC(C)c1ccc(NC(=S)N2CC[NH+](Cc3ccc4c(c3)OCO4)CC2)cc1. The number of ether oxygens (including phenoxy) is 2. The smallest absolute Gasteiger partial charge is 0.231 e. The summed E-state index contributed by atoms with van der Waals surface area (Å²) in [5.74, 6) is 2.26. The van der Waals surface area contributed by atoms with Crippen LogP contribution in [0.15, 0.2) is 42.5 Å². The number of benzene rings is 2. The highest BCUT2D eigenvalue weighted by Crippen LogP contribution is 2.32. The van der Waals surface area contributed by atoms with E-state index in [-0.39, 0.29) is 0 Å². The van der Waals surface area contributed by atoms with Crippen LogP contribution in [0.3, 0.4) is 0 Å². The molecule has 1 saturated heterocycles. The molecule has 2 aliphatic rings. The molecule has 0 radical (unpaired) electrons. The lowest BCUT2D eigenvalue weighted by atomic mass is 10.0. The standard InChI is InChI=1S/C22H27N3O2S/c1-16(2)18-4-6-19(7-5-18)23-22(28)25-11-9-24(10-12-25)14-17-3-8-20-21(13-17)27-15-26-20/h3-8,13,16H,9-12,14-15H2,1-2H3,(H,23,28)/p+1. The van der Waals surface area contributed by atoms with Crippen LogP contribution in [0.1, 0.15) is 30.9 Å². The molecule has 0 bridgehead atoms. The maximum absolute atomic E-state index is 5.64. The summed E-state index contributed by atoms with van der Waals surface area (Å²) in [5, 5.41) is 4.21. The predicted molar refractivity (Wildman–Crippen MR) is 115 cm³/mol. The van der Waals surface area contributed by atoms with Gasteiger partial charge in [-0.05, 0) is 54.0 Å². The third kappa shape index (κ3) is 4.39. The maximum atomic E-state index is 5.64. The molecule has 4 rings (SSSR count). The minimum absolute atomic E-state index is 0.328. The van der Waals surface area contributed by atoms with Crippen molar-refractivity contribution in [2.45, 2.75) is 26.3 Å². The van der Waals surface area contributed by atoms with Gasteiger partial charge in [-0.15, -0.1) is 0 Å². The quantitative estimate of drug-likeness (QED) is 0.775. The van der Waals surface area contributed by atoms with Gasteiger partial charge in [0, 0.05) is 11.3 Å². The highest BCUT2D eigenvalue weighted by Gasteiger charge is 2.23. The van der Waals surface area contributed by atoms with Gasteiger partial charge in [0.15, 0.2) is 16.6 Å². The van der Waals surface area contributed by atoms with Crippen LogP contribution >= 0.6 is 12.2 Å². The molecule has 0 spiro atoms. The summed E-state index contributed by atoms with van der Waals surface area (Å²) >= 11 is 5.64. The van der Waals surface area contributed by atoms with E-state index in [1.165, 1.54) is 11.1 Å². The average Bonchev–Trinajstić information content (AvgIpc) is 3.17. The molecule has 0 aliphatic carbocycles. The first-order valence-electron chi connectivity index (χ1n) is 9.96. The number of anilines is 1. The number of nitrogens with zero attached hydrogens (tertiary/aromatic N) is 1. The van der Waals surface area contributed by atoms with Gasteiger partial charge in [0.25, 0.3) is 0 Å². The van der Waals surface area contributed by atoms with E-state index < -0.39 is 0 Å². The highest BCUT2D eigenvalue weighted by molar-refractivity contribution is 7.80. The Hall–Kier alpha value is -2.31. The molecule has 6 heteroatoms. The van der Waals surface area contributed by atoms with Gasteiger partial charge in [0.2, 0.25) is 6.79 Å². The van der Waals surface area contributed by atoms with Gasteiger partial charge in [-0.1, -0.05) is 26.0 Å². The second kappa shape index (κ2) is 8.37. The monoisotopic (exact) mass is 398 g/mol. The number of quaternary nitrogens is 1. The normalized spacial score (nSPS) is 16.5. The van der Waals surface area contributed by atoms with E-state index in [2.05, 4.69) is 60.5 Å². The van der Waals surface area contributed by atoms with Crippen molar-refractivity contribution < 1.29 is 14.4 Å². The third-order valence-corrected chi connectivity index (χ3v) is 5.84. The first-order valence-corrected chi connectivity index (χ1v) is 10.4. The Balaban J connectivity index is 1.27. The van der Waals surface area contributed by atoms with E-state index in [0.717, 1.165) is 55.0 Å². The Labute approximate surface area is 172 Å². The Bertz CT molecular complexity index is 830. The molecule has 0 saturated carbocycles. The largest absolute Gasteiger partial charge is 0.454 e. The van der Waals surface area contributed by atoms with Gasteiger partial charge in [-0.3, -0.25) is 0 Å². The van der Waals surface area contributed by atoms with Crippen molar-refractivity contribution >= 4 is 23.0 Å². The molecule has 148 valence electrons. The molecular formula is C22H28N3O2S+. The second-order valence-corrected chi connectivity index (χ2v) is 8.19. The highest BCUT2D eigenvalue weighted by atomic mass is 32.1. The van der Waals surface area contributed by atoms with Crippen molar-refractivity contribution in [2.75, 3.05) is 38.3 Å². The fraction of sp³-hybridized carbons (Fsp3) is 0.409. The first-order chi connectivity index (χ1) is 13.6. The number of fused-ring (bicyclic) bond motifs is 1. The summed E-state index contributed by atoms with van der Waals surface area (Å²) in [7, 11) is 0. The van der Waals surface area contributed by atoms with Gasteiger partial charge >= 0.3 is 0 Å². The van der Waals surface area contributed by atoms with E-state index in [1.54, 1.807) is 4.90 Å². The average molecular weight is 399 g/mol. The van der Waals surface area contributed by atoms with Crippen molar-refractivity contribution in [1.82, 2.24) is 4.90 Å². The predicted octanol–water partition coefficient (Wildman–Crippen LogP) is 2.64. The van der Waals surface area contributed by atoms with Crippen LogP contribution in [-0.4, -0.2) is 43.0 Å². The van der Waals surface area contributed by atoms with Crippen molar-refractivity contribution in [3.63, 3.8) is 0 Å². The molecule has 2 N–H and O–H groups in total. The Morgan fingerprint density at radius 1 is 1.07 bits per heavy atom. The number of rotatable bonds is 4. The van der Waals surface area contributed by atoms with Crippen LogP contribution < -0.4 is 19.7 Å². The summed E-state index contributed by atoms with van der Waals surface area (Å²) in [6, 6.07) is 14.8. The number of hydrogen-bond acceptors (Lipinski definition) is 3. The molecule has 0 aromatic heterocycles. The first kappa shape index (κ1) is 19.0. The number of nitrogens with one attached hydrogen (secondary N) is 2. The van der Waals surface area contributed by atoms with Crippen molar-refractivity contribution in [1.29, 1.82) is 0 Å². The molecule has 0 amide bonds. The second-order valence-electron chi connectivity index (χ2n) is 7.81. The van der Waals surface area contributed by atoms with E-state index in [9.17, 15) is 0 Å². The molecule has 0 unspecified atom stereocenters. The van der Waals surface area contributed by atoms with E-state index >= 15 is 0 Å². The van der Waals surface area contributed by atoms with E-state index in [1.807, 2.05) is 6.07 Å². The number of piperazine rings is 1. The lowest BCUT2D eigenvalue weighted by molar-refractivity contribution is -0.917. The lowest BCUT2D eigenvalue weighted by Gasteiger charge is -2.34. The van der Waals surface area contributed by atoms with Crippen LogP contribution in [-0.2, 0) is 6.54 Å². The van der Waals surface area contributed by atoms with Gasteiger partial charge < -0.3 is 24.6 Å². The van der Waals surface area contributed by atoms with Crippen LogP contribution in [0, 0.1) is 0 Å².